The monoisotopic (exact) mass is 354 g/mol. The van der Waals surface area contributed by atoms with Gasteiger partial charge in [0.1, 0.15) is 6.10 Å². The molecule has 0 N–H and O–H groups in total. The fourth-order valence-electron chi connectivity index (χ4n) is 7.51. The zero-order valence-corrected chi connectivity index (χ0v) is 14.8. The highest BCUT2D eigenvalue weighted by Gasteiger charge is 2.72. The van der Waals surface area contributed by atoms with Crippen LogP contribution < -0.4 is 0 Å². The summed E-state index contributed by atoms with van der Waals surface area (Å²) in [5, 5.41) is 0. The Hall–Kier alpha value is -1.75. The van der Waals surface area contributed by atoms with E-state index in [0.29, 0.717) is 35.5 Å². The number of fused-ring (bicyclic) bond motifs is 2. The van der Waals surface area contributed by atoms with Crippen molar-refractivity contribution >= 4 is 17.5 Å². The van der Waals surface area contributed by atoms with E-state index in [9.17, 15) is 14.4 Å². The number of hydrogen-bond acceptors (Lipinski definition) is 5. The van der Waals surface area contributed by atoms with Crippen molar-refractivity contribution in [3.8, 4) is 0 Å². The maximum absolute atomic E-state index is 12.9. The Bertz CT molecular complexity index is 822. The zero-order valence-electron chi connectivity index (χ0n) is 14.8. The van der Waals surface area contributed by atoms with Crippen molar-refractivity contribution in [2.45, 2.75) is 44.8 Å². The van der Waals surface area contributed by atoms with Crippen LogP contribution in [0.4, 0.5) is 0 Å². The minimum absolute atomic E-state index is 0.0175. The third kappa shape index (κ3) is 1.52. The lowest BCUT2D eigenvalue weighted by Gasteiger charge is -2.55. The molecule has 1 unspecified atom stereocenters. The van der Waals surface area contributed by atoms with Gasteiger partial charge in [-0.1, -0.05) is 6.92 Å². The smallest absolute Gasteiger partial charge is 0.310 e. The third-order valence-electron chi connectivity index (χ3n) is 8.33. The molecule has 136 valence electrons. The fourth-order valence-corrected chi connectivity index (χ4v) is 7.51. The maximum atomic E-state index is 12.9. The average Bonchev–Trinajstić information content (AvgIpc) is 3.13. The van der Waals surface area contributed by atoms with Crippen LogP contribution in [0.2, 0.25) is 0 Å². The summed E-state index contributed by atoms with van der Waals surface area (Å²) in [7, 11) is 0. The number of esters is 1. The summed E-state index contributed by atoms with van der Waals surface area (Å²) in [5.41, 5.74) is 0.677. The molecule has 0 aromatic carbocycles. The van der Waals surface area contributed by atoms with E-state index in [-0.39, 0.29) is 40.9 Å². The molecular weight excluding hydrogens is 332 g/mol. The van der Waals surface area contributed by atoms with Crippen LogP contribution >= 0.6 is 0 Å². The molecule has 5 nitrogen and oxygen atoms in total. The Morgan fingerprint density at radius 1 is 1.04 bits per heavy atom. The van der Waals surface area contributed by atoms with Gasteiger partial charge in [0.05, 0.1) is 18.6 Å². The molecule has 6 aliphatic rings. The molecule has 1 spiro atoms. The number of carbonyl (C=O) groups is 3. The lowest BCUT2D eigenvalue weighted by atomic mass is 9.48. The number of ether oxygens (including phenoxy) is 2. The second-order valence-electron chi connectivity index (χ2n) is 9.07. The quantitative estimate of drug-likeness (QED) is 0.492. The van der Waals surface area contributed by atoms with Crippen LogP contribution in [0.15, 0.2) is 23.3 Å². The van der Waals surface area contributed by atoms with Gasteiger partial charge in [0.15, 0.2) is 11.6 Å². The molecular formula is C21H22O5. The normalized spacial score (nSPS) is 51.1. The predicted molar refractivity (Wildman–Crippen MR) is 89.8 cm³/mol. The van der Waals surface area contributed by atoms with Crippen LogP contribution in [0, 0.1) is 35.0 Å². The van der Waals surface area contributed by atoms with Crippen molar-refractivity contribution in [3.05, 3.63) is 23.3 Å². The van der Waals surface area contributed by atoms with Crippen LogP contribution in [0.3, 0.4) is 0 Å². The first-order valence-electron chi connectivity index (χ1n) is 9.87. The second kappa shape index (κ2) is 4.75. The van der Waals surface area contributed by atoms with Crippen molar-refractivity contribution in [1.29, 1.82) is 0 Å². The first-order valence-corrected chi connectivity index (χ1v) is 9.87. The summed E-state index contributed by atoms with van der Waals surface area (Å²) in [4.78, 5) is 38.2. The molecule has 2 bridgehead atoms. The van der Waals surface area contributed by atoms with Gasteiger partial charge in [0.25, 0.3) is 0 Å². The van der Waals surface area contributed by atoms with Crippen molar-refractivity contribution < 1.29 is 23.9 Å². The maximum Gasteiger partial charge on any atom is 0.310 e. The van der Waals surface area contributed by atoms with Gasteiger partial charge in [0, 0.05) is 22.5 Å². The van der Waals surface area contributed by atoms with Crippen molar-refractivity contribution in [2.24, 2.45) is 35.0 Å². The molecule has 2 aliphatic heterocycles. The van der Waals surface area contributed by atoms with Gasteiger partial charge >= 0.3 is 5.97 Å². The van der Waals surface area contributed by atoms with E-state index in [4.69, 9.17) is 9.47 Å². The number of rotatable bonds is 0. The predicted octanol–water partition coefficient (Wildman–Crippen LogP) is 2.00. The van der Waals surface area contributed by atoms with Gasteiger partial charge in [-0.15, -0.1) is 0 Å². The summed E-state index contributed by atoms with van der Waals surface area (Å²) in [6, 6.07) is 0. The molecule has 2 heterocycles. The molecule has 8 atom stereocenters. The number of ketones is 2. The van der Waals surface area contributed by atoms with Crippen LogP contribution in [0.5, 0.6) is 0 Å². The summed E-state index contributed by atoms with van der Waals surface area (Å²) in [6.07, 6.45) is 5.70. The van der Waals surface area contributed by atoms with E-state index in [0.717, 1.165) is 25.7 Å². The van der Waals surface area contributed by atoms with E-state index >= 15 is 0 Å². The molecule has 2 saturated heterocycles. The van der Waals surface area contributed by atoms with Gasteiger partial charge < -0.3 is 9.47 Å². The molecule has 6 rings (SSSR count). The Labute approximate surface area is 151 Å². The highest BCUT2D eigenvalue weighted by molar-refractivity contribution is 6.21. The Morgan fingerprint density at radius 2 is 1.81 bits per heavy atom. The lowest BCUT2D eigenvalue weighted by molar-refractivity contribution is -0.143. The van der Waals surface area contributed by atoms with Gasteiger partial charge in [-0.3, -0.25) is 14.4 Å². The van der Waals surface area contributed by atoms with E-state index in [1.807, 2.05) is 0 Å². The standard InChI is InChI=1S/C21H22O5/c1-9-8-25-19-16-14(23)5-4-13(22)15(16)18-17-11(20(24)26-18)2-3-12-10(9)6-7-21(12,17)19/h4-5,9-12,17-19H,2-3,6-8H2,1H3/t9-,10?,11-,12+,17-,18-,19-,21-/m1/s1. The summed E-state index contributed by atoms with van der Waals surface area (Å²) in [6.45, 7) is 2.86. The van der Waals surface area contributed by atoms with E-state index in [2.05, 4.69) is 6.92 Å². The molecule has 0 aromatic rings. The molecule has 2 saturated carbocycles. The van der Waals surface area contributed by atoms with Gasteiger partial charge in [-0.25, -0.2) is 0 Å². The van der Waals surface area contributed by atoms with Crippen molar-refractivity contribution in [1.82, 2.24) is 0 Å². The minimum Gasteiger partial charge on any atom is -0.457 e. The third-order valence-corrected chi connectivity index (χ3v) is 8.33. The molecule has 4 aliphatic carbocycles. The van der Waals surface area contributed by atoms with Crippen molar-refractivity contribution in [3.63, 3.8) is 0 Å². The largest absolute Gasteiger partial charge is 0.457 e. The van der Waals surface area contributed by atoms with Crippen molar-refractivity contribution in [2.75, 3.05) is 6.61 Å². The SMILES string of the molecule is C[C@@H]1CO[C@@H]2C3=C(C(=O)C=CC3=O)[C@H]3OC(=O)[C@@H]4CC[C@H]5C1CC[C@@]25[C@@H]34. The second-order valence-corrected chi connectivity index (χ2v) is 9.07. The van der Waals surface area contributed by atoms with Crippen LogP contribution in [0.1, 0.15) is 32.6 Å². The highest BCUT2D eigenvalue weighted by atomic mass is 16.6. The molecule has 5 heteroatoms. The molecule has 4 fully saturated rings. The van der Waals surface area contributed by atoms with Crippen LogP contribution in [-0.4, -0.2) is 36.4 Å². The summed E-state index contributed by atoms with van der Waals surface area (Å²) in [5.74, 6) is 0.775. The molecule has 26 heavy (non-hydrogen) atoms. The topological polar surface area (TPSA) is 69.7 Å². The van der Waals surface area contributed by atoms with Crippen LogP contribution in [0.25, 0.3) is 0 Å². The molecule has 0 amide bonds. The summed E-state index contributed by atoms with van der Waals surface area (Å²) >= 11 is 0. The fraction of sp³-hybridized carbons (Fsp3) is 0.667. The van der Waals surface area contributed by atoms with E-state index < -0.39 is 6.10 Å². The number of allylic oxidation sites excluding steroid dienone is 2. The summed E-state index contributed by atoms with van der Waals surface area (Å²) < 4.78 is 12.2. The average molecular weight is 354 g/mol. The van der Waals surface area contributed by atoms with E-state index in [1.54, 1.807) is 0 Å². The van der Waals surface area contributed by atoms with Gasteiger partial charge in [0.2, 0.25) is 0 Å². The lowest BCUT2D eigenvalue weighted by Crippen LogP contribution is -2.59. The minimum atomic E-state index is -0.557. The van der Waals surface area contributed by atoms with Crippen LogP contribution in [-0.2, 0) is 23.9 Å². The first-order chi connectivity index (χ1) is 12.5. The number of hydrogen-bond donors (Lipinski definition) is 0. The Kier molecular flexibility index (Phi) is 2.80. The Morgan fingerprint density at radius 3 is 2.62 bits per heavy atom. The molecule has 0 radical (unpaired) electrons. The Balaban J connectivity index is 1.64. The zero-order chi connectivity index (χ0) is 17.8. The number of carbonyl (C=O) groups excluding carboxylic acids is 3. The highest BCUT2D eigenvalue weighted by Crippen LogP contribution is 2.70. The van der Waals surface area contributed by atoms with E-state index in [1.165, 1.54) is 12.2 Å². The van der Waals surface area contributed by atoms with Gasteiger partial charge in [-0.2, -0.15) is 0 Å². The van der Waals surface area contributed by atoms with Gasteiger partial charge in [-0.05, 0) is 55.6 Å². The molecule has 0 aromatic heterocycles. The first kappa shape index (κ1) is 15.3.